The van der Waals surface area contributed by atoms with Gasteiger partial charge in [-0.2, -0.15) is 0 Å². The number of hydrogen-bond donors (Lipinski definition) is 0. The van der Waals surface area contributed by atoms with Crippen LogP contribution in [0.15, 0.2) is 24.3 Å². The van der Waals surface area contributed by atoms with Gasteiger partial charge in [0.05, 0.1) is 0 Å². The van der Waals surface area contributed by atoms with Crippen LogP contribution in [0.5, 0.6) is 0 Å². The van der Waals surface area contributed by atoms with Gasteiger partial charge in [-0.05, 0) is 52.0 Å². The van der Waals surface area contributed by atoms with Crippen molar-refractivity contribution in [2.75, 3.05) is 36.0 Å². The maximum atomic E-state index is 4.47. The minimum absolute atomic E-state index is 1.04. The molecule has 2 aromatic rings. The molecule has 22 heavy (non-hydrogen) atoms. The highest BCUT2D eigenvalue weighted by Gasteiger charge is 2.18. The molecule has 1 saturated heterocycles. The van der Waals surface area contributed by atoms with Crippen LogP contribution in [0.4, 0.5) is 11.4 Å². The number of aryl methyl sites for hydroxylation is 4. The first kappa shape index (κ1) is 14.8. The van der Waals surface area contributed by atoms with Crippen molar-refractivity contribution in [1.29, 1.82) is 0 Å². The van der Waals surface area contributed by atoms with Gasteiger partial charge in [0.25, 0.3) is 0 Å². The molecule has 4 heteroatoms. The Kier molecular flexibility index (Phi) is 4.01. The second kappa shape index (κ2) is 5.95. The van der Waals surface area contributed by atoms with E-state index < -0.39 is 0 Å². The monoisotopic (exact) mass is 296 g/mol. The van der Waals surface area contributed by atoms with Crippen LogP contribution in [0, 0.1) is 27.7 Å². The van der Waals surface area contributed by atoms with E-state index in [0.29, 0.717) is 0 Å². The van der Waals surface area contributed by atoms with E-state index in [-0.39, 0.29) is 0 Å². The molecular formula is C18H24N4. The number of anilines is 2. The fourth-order valence-electron chi connectivity index (χ4n) is 3.21. The molecule has 0 spiro atoms. The van der Waals surface area contributed by atoms with Crippen LogP contribution in [0.25, 0.3) is 0 Å². The average molecular weight is 296 g/mol. The minimum Gasteiger partial charge on any atom is -0.368 e. The number of nitrogens with zero attached hydrogens (tertiary/aromatic N) is 4. The van der Waals surface area contributed by atoms with Crippen molar-refractivity contribution in [3.05, 3.63) is 47.0 Å². The molecule has 1 fully saturated rings. The molecule has 116 valence electrons. The Bertz CT molecular complexity index is 573. The molecule has 0 saturated carbocycles. The van der Waals surface area contributed by atoms with E-state index in [1.807, 2.05) is 0 Å². The quantitative estimate of drug-likeness (QED) is 0.852. The first-order valence-electron chi connectivity index (χ1n) is 7.92. The maximum Gasteiger partial charge on any atom is 0.0403 e. The van der Waals surface area contributed by atoms with Gasteiger partial charge < -0.3 is 9.80 Å². The smallest absolute Gasteiger partial charge is 0.0403 e. The van der Waals surface area contributed by atoms with Gasteiger partial charge >= 0.3 is 0 Å². The summed E-state index contributed by atoms with van der Waals surface area (Å²) in [5, 5.41) is 0. The first-order chi connectivity index (χ1) is 10.5. The summed E-state index contributed by atoms with van der Waals surface area (Å²) in [6.07, 6.45) is 0. The third-order valence-electron chi connectivity index (χ3n) is 4.14. The Balaban J connectivity index is 1.72. The molecule has 0 N–H and O–H groups in total. The van der Waals surface area contributed by atoms with E-state index in [2.05, 4.69) is 71.7 Å². The molecule has 1 aliphatic rings. The zero-order valence-corrected chi connectivity index (χ0v) is 13.9. The van der Waals surface area contributed by atoms with Crippen LogP contribution in [-0.2, 0) is 0 Å². The summed E-state index contributed by atoms with van der Waals surface area (Å²) in [5.74, 6) is 0. The summed E-state index contributed by atoms with van der Waals surface area (Å²) in [7, 11) is 0. The van der Waals surface area contributed by atoms with Crippen molar-refractivity contribution >= 4 is 11.4 Å². The number of piperazine rings is 1. The van der Waals surface area contributed by atoms with Gasteiger partial charge in [-0.15, -0.1) is 0 Å². The highest BCUT2D eigenvalue weighted by Crippen LogP contribution is 2.22. The van der Waals surface area contributed by atoms with Gasteiger partial charge in [0.15, 0.2) is 0 Å². The molecular weight excluding hydrogens is 272 g/mol. The maximum absolute atomic E-state index is 4.47. The van der Waals surface area contributed by atoms with Gasteiger partial charge in [0, 0.05) is 60.3 Å². The Morgan fingerprint density at radius 3 is 1.14 bits per heavy atom. The average Bonchev–Trinajstić information content (AvgIpc) is 2.45. The highest BCUT2D eigenvalue weighted by molar-refractivity contribution is 5.53. The summed E-state index contributed by atoms with van der Waals surface area (Å²) < 4.78 is 0. The summed E-state index contributed by atoms with van der Waals surface area (Å²) in [5.41, 5.74) is 6.98. The van der Waals surface area contributed by atoms with Gasteiger partial charge in [0.2, 0.25) is 0 Å². The second-order valence-electron chi connectivity index (χ2n) is 6.19. The molecule has 0 aliphatic carbocycles. The van der Waals surface area contributed by atoms with E-state index in [0.717, 1.165) is 49.0 Å². The van der Waals surface area contributed by atoms with Crippen molar-refractivity contribution in [2.24, 2.45) is 0 Å². The van der Waals surface area contributed by atoms with Gasteiger partial charge in [0.1, 0.15) is 0 Å². The second-order valence-corrected chi connectivity index (χ2v) is 6.19. The van der Waals surface area contributed by atoms with Crippen LogP contribution in [0.1, 0.15) is 22.8 Å². The van der Waals surface area contributed by atoms with Crippen molar-refractivity contribution in [3.63, 3.8) is 0 Å². The number of pyridine rings is 2. The largest absolute Gasteiger partial charge is 0.368 e. The Labute approximate surface area is 132 Å². The Hall–Kier alpha value is -2.10. The number of hydrogen-bond acceptors (Lipinski definition) is 4. The van der Waals surface area contributed by atoms with Crippen LogP contribution in [0.2, 0.25) is 0 Å². The van der Waals surface area contributed by atoms with Crippen LogP contribution in [0.3, 0.4) is 0 Å². The fraction of sp³-hybridized carbons (Fsp3) is 0.444. The molecule has 3 heterocycles. The summed E-state index contributed by atoms with van der Waals surface area (Å²) in [6.45, 7) is 12.4. The lowest BCUT2D eigenvalue weighted by Gasteiger charge is -2.37. The Morgan fingerprint density at radius 1 is 0.591 bits per heavy atom. The standard InChI is InChI=1S/C18H24N4/c1-13-9-17(10-14(2)19-13)21-5-7-22(8-6-21)18-11-15(3)20-16(4)12-18/h9-12H,5-8H2,1-4H3. The topological polar surface area (TPSA) is 32.3 Å². The lowest BCUT2D eigenvalue weighted by atomic mass is 10.2. The predicted octanol–water partition coefficient (Wildman–Crippen LogP) is 3.04. The third-order valence-corrected chi connectivity index (χ3v) is 4.14. The van der Waals surface area contributed by atoms with Crippen molar-refractivity contribution in [1.82, 2.24) is 9.97 Å². The zero-order valence-electron chi connectivity index (χ0n) is 13.9. The molecule has 1 aliphatic heterocycles. The van der Waals surface area contributed by atoms with Gasteiger partial charge in [-0.1, -0.05) is 0 Å². The van der Waals surface area contributed by atoms with Crippen molar-refractivity contribution in [3.8, 4) is 0 Å². The molecule has 0 atom stereocenters. The number of aromatic nitrogens is 2. The molecule has 2 aromatic heterocycles. The number of rotatable bonds is 2. The molecule has 3 rings (SSSR count). The SMILES string of the molecule is Cc1cc(N2CCN(c3cc(C)nc(C)c3)CC2)cc(C)n1. The van der Waals surface area contributed by atoms with Crippen molar-refractivity contribution < 1.29 is 0 Å². The zero-order chi connectivity index (χ0) is 15.7. The Morgan fingerprint density at radius 2 is 0.864 bits per heavy atom. The highest BCUT2D eigenvalue weighted by atomic mass is 15.3. The van der Waals surface area contributed by atoms with Crippen LogP contribution in [-0.4, -0.2) is 36.1 Å². The molecule has 0 unspecified atom stereocenters. The lowest BCUT2D eigenvalue weighted by Crippen LogP contribution is -2.46. The van der Waals surface area contributed by atoms with E-state index in [4.69, 9.17) is 0 Å². The third kappa shape index (κ3) is 3.21. The van der Waals surface area contributed by atoms with Gasteiger partial charge in [-0.3, -0.25) is 9.97 Å². The normalized spacial score (nSPS) is 15.3. The van der Waals surface area contributed by atoms with E-state index in [1.54, 1.807) is 0 Å². The van der Waals surface area contributed by atoms with E-state index >= 15 is 0 Å². The molecule has 0 bridgehead atoms. The molecule has 0 amide bonds. The predicted molar refractivity (Wildman–Crippen MR) is 91.8 cm³/mol. The molecule has 0 radical (unpaired) electrons. The molecule has 0 aromatic carbocycles. The lowest BCUT2D eigenvalue weighted by molar-refractivity contribution is 0.652. The van der Waals surface area contributed by atoms with E-state index in [9.17, 15) is 0 Å². The first-order valence-corrected chi connectivity index (χ1v) is 7.92. The van der Waals surface area contributed by atoms with Crippen molar-refractivity contribution in [2.45, 2.75) is 27.7 Å². The van der Waals surface area contributed by atoms with Crippen LogP contribution >= 0.6 is 0 Å². The summed E-state index contributed by atoms with van der Waals surface area (Å²) in [4.78, 5) is 13.8. The summed E-state index contributed by atoms with van der Waals surface area (Å²) in [6, 6.07) is 8.74. The fourth-order valence-corrected chi connectivity index (χ4v) is 3.21. The minimum atomic E-state index is 1.04. The van der Waals surface area contributed by atoms with E-state index in [1.165, 1.54) is 11.4 Å². The summed E-state index contributed by atoms with van der Waals surface area (Å²) >= 11 is 0. The van der Waals surface area contributed by atoms with Crippen LogP contribution < -0.4 is 9.80 Å². The molecule has 4 nitrogen and oxygen atoms in total. The van der Waals surface area contributed by atoms with Gasteiger partial charge in [-0.25, -0.2) is 0 Å².